The van der Waals surface area contributed by atoms with Gasteiger partial charge in [0.2, 0.25) is 0 Å². The minimum atomic E-state index is -3.84. The monoisotopic (exact) mass is 449 g/mol. The topological polar surface area (TPSA) is 79.5 Å². The minimum absolute atomic E-state index is 0.00843. The first-order chi connectivity index (χ1) is 14.3. The lowest BCUT2D eigenvalue weighted by Gasteiger charge is -2.13. The molecule has 3 aromatic carbocycles. The second kappa shape index (κ2) is 9.06. The maximum absolute atomic E-state index is 13.7. The first-order valence-electron chi connectivity index (χ1n) is 8.57. The number of ether oxygens (including phenoxy) is 1. The van der Waals surface area contributed by atoms with Crippen LogP contribution in [0, 0.1) is 11.6 Å². The van der Waals surface area contributed by atoms with Crippen molar-refractivity contribution in [3.05, 3.63) is 78.4 Å². The van der Waals surface area contributed by atoms with Crippen molar-refractivity contribution in [1.82, 2.24) is 0 Å². The zero-order valence-corrected chi connectivity index (χ0v) is 17.3. The lowest BCUT2D eigenvalue weighted by molar-refractivity contribution is 0.417. The van der Waals surface area contributed by atoms with Crippen LogP contribution in [0.5, 0.6) is 5.75 Å². The molecule has 156 valence electrons. The van der Waals surface area contributed by atoms with Gasteiger partial charge in [0.1, 0.15) is 17.4 Å². The summed E-state index contributed by atoms with van der Waals surface area (Å²) < 4.78 is 59.5. The molecule has 0 spiro atoms. The van der Waals surface area contributed by atoms with Crippen molar-refractivity contribution in [3.8, 4) is 5.75 Å². The number of hydrogen-bond donors (Lipinski definition) is 3. The maximum Gasteiger partial charge on any atom is 0.262 e. The van der Waals surface area contributed by atoms with Gasteiger partial charge in [-0.25, -0.2) is 17.2 Å². The summed E-state index contributed by atoms with van der Waals surface area (Å²) in [5.74, 6) is -1.10. The second-order valence-corrected chi connectivity index (χ2v) is 8.12. The van der Waals surface area contributed by atoms with Crippen molar-refractivity contribution in [2.24, 2.45) is 0 Å². The van der Waals surface area contributed by atoms with Gasteiger partial charge in [-0.15, -0.1) is 0 Å². The van der Waals surface area contributed by atoms with Crippen LogP contribution in [0.3, 0.4) is 0 Å². The fourth-order valence-corrected chi connectivity index (χ4v) is 3.82. The molecular formula is C20H17F2N3O3S2. The molecule has 3 aromatic rings. The molecule has 0 radical (unpaired) electrons. The summed E-state index contributed by atoms with van der Waals surface area (Å²) >= 11 is 5.10. The molecule has 6 nitrogen and oxygen atoms in total. The molecule has 0 saturated carbocycles. The summed E-state index contributed by atoms with van der Waals surface area (Å²) in [7, 11) is -2.39. The Morgan fingerprint density at radius 1 is 0.933 bits per heavy atom. The molecule has 0 aliphatic heterocycles. The van der Waals surface area contributed by atoms with E-state index in [0.717, 1.165) is 12.1 Å². The van der Waals surface area contributed by atoms with E-state index in [9.17, 15) is 17.2 Å². The number of rotatable bonds is 6. The van der Waals surface area contributed by atoms with Crippen molar-refractivity contribution in [3.63, 3.8) is 0 Å². The average molecular weight is 450 g/mol. The van der Waals surface area contributed by atoms with Crippen LogP contribution >= 0.6 is 12.2 Å². The fraction of sp³-hybridized carbons (Fsp3) is 0.0500. The molecule has 0 saturated heterocycles. The number of anilines is 3. The van der Waals surface area contributed by atoms with Gasteiger partial charge in [0, 0.05) is 11.8 Å². The van der Waals surface area contributed by atoms with E-state index in [1.54, 1.807) is 24.3 Å². The summed E-state index contributed by atoms with van der Waals surface area (Å²) in [5, 5.41) is 5.47. The van der Waals surface area contributed by atoms with Gasteiger partial charge in [-0.3, -0.25) is 4.72 Å². The van der Waals surface area contributed by atoms with E-state index >= 15 is 0 Å². The normalized spacial score (nSPS) is 10.9. The highest BCUT2D eigenvalue weighted by atomic mass is 32.2. The van der Waals surface area contributed by atoms with Crippen LogP contribution < -0.4 is 20.1 Å². The van der Waals surface area contributed by atoms with E-state index < -0.39 is 21.7 Å². The Morgan fingerprint density at radius 2 is 1.63 bits per heavy atom. The molecule has 0 aliphatic carbocycles. The molecular weight excluding hydrogens is 432 g/mol. The third-order valence-electron chi connectivity index (χ3n) is 3.95. The average Bonchev–Trinajstić information content (AvgIpc) is 2.70. The molecule has 30 heavy (non-hydrogen) atoms. The number of halogens is 2. The van der Waals surface area contributed by atoms with Gasteiger partial charge in [0.15, 0.2) is 5.11 Å². The Bertz CT molecular complexity index is 1170. The third-order valence-corrected chi connectivity index (χ3v) is 5.54. The van der Waals surface area contributed by atoms with E-state index in [1.165, 1.54) is 37.4 Å². The number of nitrogens with one attached hydrogen (secondary N) is 3. The molecule has 10 heteroatoms. The van der Waals surface area contributed by atoms with Crippen LogP contribution in [-0.2, 0) is 10.0 Å². The highest BCUT2D eigenvalue weighted by Crippen LogP contribution is 2.26. The molecule has 3 rings (SSSR count). The molecule has 0 aromatic heterocycles. The number of para-hydroxylation sites is 2. The number of thiocarbonyl (C=S) groups is 1. The molecule has 0 aliphatic rings. The van der Waals surface area contributed by atoms with Gasteiger partial charge in [-0.2, -0.15) is 0 Å². The van der Waals surface area contributed by atoms with Crippen molar-refractivity contribution >= 4 is 44.4 Å². The first-order valence-corrected chi connectivity index (χ1v) is 10.5. The summed E-state index contributed by atoms with van der Waals surface area (Å²) in [4.78, 5) is 0.0300. The summed E-state index contributed by atoms with van der Waals surface area (Å²) in [6, 6.07) is 15.5. The van der Waals surface area contributed by atoms with Crippen LogP contribution in [0.25, 0.3) is 0 Å². The Hall–Kier alpha value is -3.24. The Kier molecular flexibility index (Phi) is 6.48. The fourth-order valence-electron chi connectivity index (χ4n) is 2.53. The van der Waals surface area contributed by atoms with Crippen molar-refractivity contribution in [1.29, 1.82) is 0 Å². The molecule has 0 amide bonds. The van der Waals surface area contributed by atoms with Crippen LogP contribution in [0.1, 0.15) is 0 Å². The first kappa shape index (κ1) is 21.5. The Balaban J connectivity index is 1.68. The summed E-state index contributed by atoms with van der Waals surface area (Å²) in [6.07, 6.45) is 0. The van der Waals surface area contributed by atoms with E-state index in [0.29, 0.717) is 17.1 Å². The van der Waals surface area contributed by atoms with E-state index in [2.05, 4.69) is 15.4 Å². The van der Waals surface area contributed by atoms with Gasteiger partial charge in [-0.05, 0) is 60.7 Å². The quantitative estimate of drug-likeness (QED) is 0.478. The highest BCUT2D eigenvalue weighted by molar-refractivity contribution is 7.92. The number of methoxy groups -OCH3 is 1. The van der Waals surface area contributed by atoms with Crippen molar-refractivity contribution in [2.75, 3.05) is 22.5 Å². The third kappa shape index (κ3) is 5.22. The molecule has 3 N–H and O–H groups in total. The minimum Gasteiger partial charge on any atom is -0.495 e. The molecule has 0 unspecified atom stereocenters. The van der Waals surface area contributed by atoms with Crippen LogP contribution in [0.4, 0.5) is 25.8 Å². The van der Waals surface area contributed by atoms with E-state index in [4.69, 9.17) is 17.0 Å². The zero-order valence-electron chi connectivity index (χ0n) is 15.6. The summed E-state index contributed by atoms with van der Waals surface area (Å²) in [5.41, 5.74) is 0.800. The predicted molar refractivity (Wildman–Crippen MR) is 116 cm³/mol. The zero-order chi connectivity index (χ0) is 21.7. The number of benzene rings is 3. The van der Waals surface area contributed by atoms with Crippen LogP contribution in [0.2, 0.25) is 0 Å². The lowest BCUT2D eigenvalue weighted by Crippen LogP contribution is -2.20. The maximum atomic E-state index is 13.7. The number of hydrogen-bond acceptors (Lipinski definition) is 4. The van der Waals surface area contributed by atoms with Gasteiger partial charge >= 0.3 is 0 Å². The van der Waals surface area contributed by atoms with Gasteiger partial charge in [0.05, 0.1) is 23.4 Å². The Labute approximate surface area is 177 Å². The molecule has 0 fully saturated rings. The summed E-state index contributed by atoms with van der Waals surface area (Å²) in [6.45, 7) is 0. The van der Waals surface area contributed by atoms with Gasteiger partial charge in [0.25, 0.3) is 10.0 Å². The Morgan fingerprint density at radius 3 is 2.30 bits per heavy atom. The highest BCUT2D eigenvalue weighted by Gasteiger charge is 2.16. The largest absolute Gasteiger partial charge is 0.495 e. The van der Waals surface area contributed by atoms with Gasteiger partial charge < -0.3 is 15.4 Å². The van der Waals surface area contributed by atoms with Gasteiger partial charge in [-0.1, -0.05) is 12.1 Å². The molecule has 0 atom stereocenters. The SMILES string of the molecule is COc1ccccc1NS(=O)(=O)c1ccc(NC(=S)Nc2ccc(F)cc2F)cc1. The second-order valence-electron chi connectivity index (χ2n) is 6.03. The molecule has 0 heterocycles. The smallest absolute Gasteiger partial charge is 0.262 e. The van der Waals surface area contributed by atoms with Crippen molar-refractivity contribution < 1.29 is 21.9 Å². The molecule has 0 bridgehead atoms. The number of sulfonamides is 1. The van der Waals surface area contributed by atoms with E-state index in [1.807, 2.05) is 0 Å². The lowest BCUT2D eigenvalue weighted by atomic mass is 10.3. The predicted octanol–water partition coefficient (Wildman–Crippen LogP) is 4.58. The van der Waals surface area contributed by atoms with Crippen molar-refractivity contribution in [2.45, 2.75) is 4.90 Å². The van der Waals surface area contributed by atoms with Crippen LogP contribution in [-0.4, -0.2) is 20.6 Å². The van der Waals surface area contributed by atoms with E-state index in [-0.39, 0.29) is 15.7 Å². The standard InChI is InChI=1S/C20H17F2N3O3S2/c1-28-19-5-3-2-4-18(19)25-30(26,27)15-9-7-14(8-10-15)23-20(29)24-17-11-6-13(21)12-16(17)22/h2-12,25H,1H3,(H2,23,24,29). The van der Waals surface area contributed by atoms with Crippen LogP contribution in [0.15, 0.2) is 71.6 Å².